The van der Waals surface area contributed by atoms with E-state index < -0.39 is 8.07 Å². The number of allylic oxidation sites excluding steroid dienone is 1. The molecule has 1 aliphatic rings. The van der Waals surface area contributed by atoms with E-state index in [9.17, 15) is 4.79 Å². The lowest BCUT2D eigenvalue weighted by molar-refractivity contribution is 0.00578. The fourth-order valence-corrected chi connectivity index (χ4v) is 6.49. The van der Waals surface area contributed by atoms with Crippen molar-refractivity contribution in [1.29, 1.82) is 0 Å². The van der Waals surface area contributed by atoms with Crippen molar-refractivity contribution in [3.63, 3.8) is 0 Å². The Morgan fingerprint density at radius 1 is 0.969 bits per heavy atom. The van der Waals surface area contributed by atoms with Gasteiger partial charge in [0, 0.05) is 6.32 Å². The molecule has 1 fully saturated rings. The van der Waals surface area contributed by atoms with Gasteiger partial charge in [0.25, 0.3) is 0 Å². The Morgan fingerprint density at radius 2 is 1.53 bits per heavy atom. The maximum Gasteiger partial charge on any atom is 0.461 e. The lowest BCUT2D eigenvalue weighted by Crippen LogP contribution is -2.45. The Hall–Kier alpha value is -2.15. The number of ether oxygens (including phenoxy) is 1. The van der Waals surface area contributed by atoms with E-state index in [4.69, 9.17) is 14.0 Å². The van der Waals surface area contributed by atoms with Crippen molar-refractivity contribution in [2.24, 2.45) is 0 Å². The second-order valence-corrected chi connectivity index (χ2v) is 14.4. The van der Waals surface area contributed by atoms with Crippen LogP contribution in [-0.2, 0) is 14.0 Å². The molecule has 2 aromatic carbocycles. The van der Waals surface area contributed by atoms with Gasteiger partial charge in [-0.1, -0.05) is 72.0 Å². The van der Waals surface area contributed by atoms with Gasteiger partial charge in [-0.05, 0) is 52.3 Å². The molecule has 1 aliphatic heterocycles. The second kappa shape index (κ2) is 9.38. The molecule has 2 aromatic rings. The highest BCUT2D eigenvalue weighted by atomic mass is 28.3. The highest BCUT2D eigenvalue weighted by molar-refractivity contribution is 6.96. The van der Waals surface area contributed by atoms with E-state index >= 15 is 0 Å². The molecular weight excluding hydrogens is 415 g/mol. The predicted octanol–water partition coefficient (Wildman–Crippen LogP) is 5.49. The minimum atomic E-state index is -1.99. The van der Waals surface area contributed by atoms with Gasteiger partial charge < -0.3 is 14.0 Å². The smallest absolute Gasteiger partial charge is 0.461 e. The molecule has 4 nitrogen and oxygen atoms in total. The van der Waals surface area contributed by atoms with E-state index in [0.717, 1.165) is 5.56 Å². The van der Waals surface area contributed by atoms with Gasteiger partial charge in [-0.2, -0.15) is 0 Å². The average Bonchev–Trinajstić information content (AvgIpc) is 2.94. The van der Waals surface area contributed by atoms with Crippen LogP contribution in [0.2, 0.25) is 19.4 Å². The summed E-state index contributed by atoms with van der Waals surface area (Å²) in [5, 5.41) is 2.71. The van der Waals surface area contributed by atoms with Crippen LogP contribution >= 0.6 is 0 Å². The maximum absolute atomic E-state index is 12.0. The first kappa shape index (κ1) is 24.5. The first-order chi connectivity index (χ1) is 15.0. The van der Waals surface area contributed by atoms with Gasteiger partial charge >= 0.3 is 13.1 Å². The number of benzene rings is 2. The van der Waals surface area contributed by atoms with Crippen molar-refractivity contribution in [3.05, 3.63) is 70.9 Å². The minimum Gasteiger partial charge on any atom is -0.462 e. The average molecular weight is 450 g/mol. The molecule has 0 amide bonds. The predicted molar refractivity (Wildman–Crippen MR) is 135 cm³/mol. The van der Waals surface area contributed by atoms with Crippen molar-refractivity contribution in [1.82, 2.24) is 0 Å². The topological polar surface area (TPSA) is 44.8 Å². The molecule has 0 aromatic heterocycles. The molecule has 1 saturated heterocycles. The minimum absolute atomic E-state index is 0.291. The van der Waals surface area contributed by atoms with Crippen molar-refractivity contribution >= 4 is 32.4 Å². The molecule has 0 spiro atoms. The summed E-state index contributed by atoms with van der Waals surface area (Å²) in [4.78, 5) is 12.0. The zero-order valence-corrected chi connectivity index (χ0v) is 21.4. The van der Waals surface area contributed by atoms with Crippen molar-refractivity contribution < 1.29 is 18.8 Å². The fourth-order valence-electron chi connectivity index (χ4n) is 3.89. The number of carbonyl (C=O) groups is 1. The van der Waals surface area contributed by atoms with Gasteiger partial charge in [0.15, 0.2) is 0 Å². The highest BCUT2D eigenvalue weighted by Gasteiger charge is 2.51. The van der Waals surface area contributed by atoms with Crippen LogP contribution in [0.15, 0.2) is 59.8 Å². The molecule has 0 saturated carbocycles. The lowest BCUT2D eigenvalue weighted by atomic mass is 9.84. The van der Waals surface area contributed by atoms with Crippen LogP contribution in [0.3, 0.4) is 0 Å². The van der Waals surface area contributed by atoms with Crippen LogP contribution in [0, 0.1) is 0 Å². The Kier molecular flexibility index (Phi) is 7.18. The Labute approximate surface area is 194 Å². The molecule has 6 heteroatoms. The summed E-state index contributed by atoms with van der Waals surface area (Å²) in [6, 6.07) is 18.3. The summed E-state index contributed by atoms with van der Waals surface area (Å²) in [6.07, 6.45) is 2.96. The van der Waals surface area contributed by atoms with E-state index in [0.29, 0.717) is 18.5 Å². The summed E-state index contributed by atoms with van der Waals surface area (Å²) in [7, 11) is -2.28. The van der Waals surface area contributed by atoms with Gasteiger partial charge in [-0.15, -0.1) is 0 Å². The monoisotopic (exact) mass is 450 g/mol. The van der Waals surface area contributed by atoms with E-state index in [-0.39, 0.29) is 24.3 Å². The number of rotatable bonds is 7. The normalized spacial score (nSPS) is 18.0. The molecule has 0 atom stereocenters. The van der Waals surface area contributed by atoms with Crippen molar-refractivity contribution in [3.8, 4) is 0 Å². The van der Waals surface area contributed by atoms with Crippen LogP contribution in [0.5, 0.6) is 0 Å². The summed E-state index contributed by atoms with van der Waals surface area (Å²) < 4.78 is 17.8. The zero-order chi connectivity index (χ0) is 23.6. The van der Waals surface area contributed by atoms with Gasteiger partial charge in [-0.25, -0.2) is 4.79 Å². The van der Waals surface area contributed by atoms with Gasteiger partial charge in [-0.3, -0.25) is 0 Å². The summed E-state index contributed by atoms with van der Waals surface area (Å²) in [5.41, 5.74) is 0.905. The molecule has 0 aliphatic carbocycles. The molecular formula is C26H35BO4Si. The summed E-state index contributed by atoms with van der Waals surface area (Å²) in [5.74, 6) is -0.292. The number of carbonyl (C=O) groups excluding carboxylic acids is 1. The van der Waals surface area contributed by atoms with Crippen LogP contribution < -0.4 is 5.19 Å². The van der Waals surface area contributed by atoms with Crippen molar-refractivity contribution in [2.75, 3.05) is 6.61 Å². The molecule has 170 valence electrons. The third-order valence-corrected chi connectivity index (χ3v) is 10.5. The summed E-state index contributed by atoms with van der Waals surface area (Å²) >= 11 is 0. The van der Waals surface area contributed by atoms with Gasteiger partial charge in [0.2, 0.25) is 0 Å². The number of esters is 1. The zero-order valence-electron chi connectivity index (χ0n) is 20.4. The third-order valence-electron chi connectivity index (χ3n) is 6.75. The quantitative estimate of drug-likeness (QED) is 0.413. The molecule has 0 unspecified atom stereocenters. The summed E-state index contributed by atoms with van der Waals surface area (Å²) in [6.45, 7) is 15.3. The van der Waals surface area contributed by atoms with Crippen LogP contribution in [0.25, 0.3) is 6.08 Å². The third kappa shape index (κ3) is 5.25. The lowest BCUT2D eigenvalue weighted by Gasteiger charge is -2.32. The van der Waals surface area contributed by atoms with E-state index in [1.54, 1.807) is 0 Å². The number of hydrogen-bond acceptors (Lipinski definition) is 4. The SMILES string of the molecule is CCOC(=O)c1ccc(/C=C(\CB2OC(C)(C)C(C)(C)O2)[Si](C)(C)c2ccccc2)cc1. The highest BCUT2D eigenvalue weighted by Crippen LogP contribution is 2.39. The molecule has 0 N–H and O–H groups in total. The van der Waals surface area contributed by atoms with Gasteiger partial charge in [0.1, 0.15) is 8.07 Å². The first-order valence-corrected chi connectivity index (χ1v) is 14.4. The molecule has 1 heterocycles. The standard InChI is InChI=1S/C26H35BO4Si/c1-8-29-24(28)21-16-14-20(15-17-21)18-23(32(6,7)22-12-10-9-11-13-22)19-27-30-25(2,3)26(4,5)31-27/h9-18H,8,19H2,1-7H3/b23-18+. The van der Waals surface area contributed by atoms with Gasteiger partial charge in [0.05, 0.1) is 23.4 Å². The first-order valence-electron chi connectivity index (χ1n) is 11.4. The Bertz CT molecular complexity index is 949. The maximum atomic E-state index is 12.0. The fraction of sp³-hybridized carbons (Fsp3) is 0.423. The van der Waals surface area contributed by atoms with Crippen molar-refractivity contribution in [2.45, 2.75) is 65.2 Å². The molecule has 3 rings (SSSR count). The molecule has 0 bridgehead atoms. The Morgan fingerprint density at radius 3 is 2.06 bits per heavy atom. The largest absolute Gasteiger partial charge is 0.462 e. The molecule has 0 radical (unpaired) electrons. The van der Waals surface area contributed by atoms with Crippen LogP contribution in [0.4, 0.5) is 0 Å². The molecule has 32 heavy (non-hydrogen) atoms. The number of hydrogen-bond donors (Lipinski definition) is 0. The van der Waals surface area contributed by atoms with Crippen LogP contribution in [-0.4, -0.2) is 39.0 Å². The van der Waals surface area contributed by atoms with E-state index in [1.165, 1.54) is 10.4 Å². The van der Waals surface area contributed by atoms with E-state index in [2.05, 4.69) is 77.2 Å². The second-order valence-electron chi connectivity index (χ2n) is 9.89. The van der Waals surface area contributed by atoms with E-state index in [1.807, 2.05) is 31.2 Å². The van der Waals surface area contributed by atoms with Crippen LogP contribution in [0.1, 0.15) is 50.5 Å². The Balaban J connectivity index is 1.95.